The maximum absolute atomic E-state index is 10.3. The van der Waals surface area contributed by atoms with E-state index in [9.17, 15) is 5.11 Å². The van der Waals surface area contributed by atoms with Crippen molar-refractivity contribution in [1.29, 1.82) is 0 Å². The van der Waals surface area contributed by atoms with E-state index in [-0.39, 0.29) is 6.10 Å². The van der Waals surface area contributed by atoms with Crippen LogP contribution in [-0.4, -0.2) is 11.2 Å². The van der Waals surface area contributed by atoms with Crippen molar-refractivity contribution >= 4 is 27.5 Å². The number of aliphatic hydroxyl groups is 1. The van der Waals surface area contributed by atoms with E-state index < -0.39 is 0 Å². The van der Waals surface area contributed by atoms with Crippen LogP contribution < -0.4 is 0 Å². The molecular formula is C15H20BrClO. The third kappa shape index (κ3) is 3.72. The van der Waals surface area contributed by atoms with Gasteiger partial charge in [0.2, 0.25) is 0 Å². The average molecular weight is 332 g/mol. The predicted molar refractivity (Wildman–Crippen MR) is 80.0 cm³/mol. The fourth-order valence-electron chi connectivity index (χ4n) is 2.75. The molecule has 1 saturated carbocycles. The summed E-state index contributed by atoms with van der Waals surface area (Å²) in [5.74, 6) is 1.27. The summed E-state index contributed by atoms with van der Waals surface area (Å²) < 4.78 is 0.984. The van der Waals surface area contributed by atoms with Gasteiger partial charge in [-0.15, -0.1) is 0 Å². The fraction of sp³-hybridized carbons (Fsp3) is 0.600. The minimum atomic E-state index is -0.254. The highest BCUT2D eigenvalue weighted by Crippen LogP contribution is 2.32. The second-order valence-electron chi connectivity index (χ2n) is 5.53. The Labute approximate surface area is 123 Å². The summed E-state index contributed by atoms with van der Waals surface area (Å²) in [7, 11) is 0. The molecule has 0 radical (unpaired) electrons. The van der Waals surface area contributed by atoms with Crippen LogP contribution in [-0.2, 0) is 6.42 Å². The highest BCUT2D eigenvalue weighted by Gasteiger charge is 2.25. The third-order valence-electron chi connectivity index (χ3n) is 4.05. The topological polar surface area (TPSA) is 20.2 Å². The van der Waals surface area contributed by atoms with Crippen LogP contribution in [0.2, 0.25) is 5.02 Å². The summed E-state index contributed by atoms with van der Waals surface area (Å²) in [4.78, 5) is 0. The Balaban J connectivity index is 1.96. The highest BCUT2D eigenvalue weighted by molar-refractivity contribution is 9.10. The maximum Gasteiger partial charge on any atom is 0.0609 e. The first-order chi connectivity index (χ1) is 8.56. The van der Waals surface area contributed by atoms with Crippen LogP contribution in [0.25, 0.3) is 0 Å². The number of halogens is 2. The zero-order valence-corrected chi connectivity index (χ0v) is 13.0. The van der Waals surface area contributed by atoms with E-state index in [1.165, 1.54) is 12.8 Å². The van der Waals surface area contributed by atoms with Gasteiger partial charge < -0.3 is 5.11 Å². The second kappa shape index (κ2) is 6.40. The molecule has 0 heterocycles. The molecule has 1 aromatic carbocycles. The van der Waals surface area contributed by atoms with Gasteiger partial charge in [0.25, 0.3) is 0 Å². The predicted octanol–water partition coefficient (Wildman–Crippen LogP) is 4.83. The van der Waals surface area contributed by atoms with Gasteiger partial charge in [0.15, 0.2) is 0 Å². The molecule has 3 heteroatoms. The van der Waals surface area contributed by atoms with E-state index in [2.05, 4.69) is 22.9 Å². The molecule has 1 aliphatic carbocycles. The summed E-state index contributed by atoms with van der Waals surface area (Å²) in [6.45, 7) is 2.30. The minimum Gasteiger partial charge on any atom is -0.392 e. The largest absolute Gasteiger partial charge is 0.392 e. The number of rotatable bonds is 3. The Morgan fingerprint density at radius 1 is 1.33 bits per heavy atom. The first-order valence-electron chi connectivity index (χ1n) is 6.68. The van der Waals surface area contributed by atoms with Crippen molar-refractivity contribution in [2.75, 3.05) is 0 Å². The molecule has 0 aliphatic heterocycles. The molecule has 0 bridgehead atoms. The molecule has 2 rings (SSSR count). The fourth-order valence-corrected chi connectivity index (χ4v) is 3.50. The lowest BCUT2D eigenvalue weighted by molar-refractivity contribution is 0.0761. The van der Waals surface area contributed by atoms with E-state index in [1.54, 1.807) is 0 Å². The van der Waals surface area contributed by atoms with E-state index in [1.807, 2.05) is 18.2 Å². The molecule has 0 aromatic heterocycles. The molecule has 1 atom stereocenters. The quantitative estimate of drug-likeness (QED) is 0.841. The molecule has 0 amide bonds. The van der Waals surface area contributed by atoms with Crippen LogP contribution in [0.3, 0.4) is 0 Å². The molecule has 1 aromatic rings. The zero-order valence-electron chi connectivity index (χ0n) is 10.7. The Bertz CT molecular complexity index is 399. The van der Waals surface area contributed by atoms with Crippen molar-refractivity contribution in [3.8, 4) is 0 Å². The molecule has 18 heavy (non-hydrogen) atoms. The Hall–Kier alpha value is -0.0500. The Kier molecular flexibility index (Phi) is 5.11. The van der Waals surface area contributed by atoms with E-state index in [0.29, 0.717) is 12.3 Å². The monoisotopic (exact) mass is 330 g/mol. The SMILES string of the molecule is CC1CCC(C(O)Cc2ccc(Br)cc2Cl)CC1. The first kappa shape index (κ1) is 14.4. The standard InChI is InChI=1S/C15H20BrClO/c1-10-2-4-11(5-3-10)15(18)8-12-6-7-13(16)9-14(12)17/h6-7,9-11,15,18H,2-5,8H2,1H3. The minimum absolute atomic E-state index is 0.254. The first-order valence-corrected chi connectivity index (χ1v) is 7.85. The summed E-state index contributed by atoms with van der Waals surface area (Å²) in [6, 6.07) is 5.88. The lowest BCUT2D eigenvalue weighted by Gasteiger charge is -2.30. The molecule has 1 unspecified atom stereocenters. The van der Waals surface area contributed by atoms with Crippen molar-refractivity contribution in [2.45, 2.75) is 45.1 Å². The highest BCUT2D eigenvalue weighted by atomic mass is 79.9. The van der Waals surface area contributed by atoms with Crippen molar-refractivity contribution in [3.05, 3.63) is 33.3 Å². The van der Waals surface area contributed by atoms with E-state index in [4.69, 9.17) is 11.6 Å². The van der Waals surface area contributed by atoms with Crippen molar-refractivity contribution < 1.29 is 5.11 Å². The van der Waals surface area contributed by atoms with Crippen LogP contribution >= 0.6 is 27.5 Å². The lowest BCUT2D eigenvalue weighted by atomic mass is 9.79. The van der Waals surface area contributed by atoms with Gasteiger partial charge in [-0.2, -0.15) is 0 Å². The van der Waals surface area contributed by atoms with Crippen LogP contribution in [0.4, 0.5) is 0 Å². The lowest BCUT2D eigenvalue weighted by Crippen LogP contribution is -2.27. The van der Waals surface area contributed by atoms with Crippen LogP contribution in [0.1, 0.15) is 38.2 Å². The van der Waals surface area contributed by atoms with Gasteiger partial charge in [-0.25, -0.2) is 0 Å². The molecule has 1 fully saturated rings. The van der Waals surface area contributed by atoms with E-state index >= 15 is 0 Å². The number of aliphatic hydroxyl groups excluding tert-OH is 1. The van der Waals surface area contributed by atoms with Gasteiger partial charge in [0.1, 0.15) is 0 Å². The van der Waals surface area contributed by atoms with Crippen molar-refractivity contribution in [3.63, 3.8) is 0 Å². The summed E-state index contributed by atoms with van der Waals surface area (Å²) in [5.41, 5.74) is 1.05. The molecule has 0 spiro atoms. The zero-order chi connectivity index (χ0) is 13.1. The molecule has 1 N–H and O–H groups in total. The number of benzene rings is 1. The van der Waals surface area contributed by atoms with Crippen LogP contribution in [0, 0.1) is 11.8 Å². The summed E-state index contributed by atoms with van der Waals surface area (Å²) in [5, 5.41) is 11.1. The van der Waals surface area contributed by atoms with Gasteiger partial charge in [0, 0.05) is 15.9 Å². The third-order valence-corrected chi connectivity index (χ3v) is 4.89. The van der Waals surface area contributed by atoms with Crippen molar-refractivity contribution in [2.24, 2.45) is 11.8 Å². The van der Waals surface area contributed by atoms with Gasteiger partial charge in [-0.05, 0) is 42.4 Å². The van der Waals surface area contributed by atoms with Crippen LogP contribution in [0.5, 0.6) is 0 Å². The number of hydrogen-bond acceptors (Lipinski definition) is 1. The Morgan fingerprint density at radius 2 is 2.00 bits per heavy atom. The summed E-state index contributed by atoms with van der Waals surface area (Å²) >= 11 is 9.59. The smallest absolute Gasteiger partial charge is 0.0609 e. The van der Waals surface area contributed by atoms with E-state index in [0.717, 1.165) is 33.8 Å². The van der Waals surface area contributed by atoms with Gasteiger partial charge in [0.05, 0.1) is 6.10 Å². The summed E-state index contributed by atoms with van der Waals surface area (Å²) in [6.07, 6.45) is 5.21. The average Bonchev–Trinajstić information content (AvgIpc) is 2.33. The van der Waals surface area contributed by atoms with Gasteiger partial charge >= 0.3 is 0 Å². The van der Waals surface area contributed by atoms with Gasteiger partial charge in [-0.3, -0.25) is 0 Å². The molecule has 100 valence electrons. The van der Waals surface area contributed by atoms with Crippen molar-refractivity contribution in [1.82, 2.24) is 0 Å². The second-order valence-corrected chi connectivity index (χ2v) is 6.85. The van der Waals surface area contributed by atoms with Gasteiger partial charge in [-0.1, -0.05) is 53.4 Å². The van der Waals surface area contributed by atoms with Crippen LogP contribution in [0.15, 0.2) is 22.7 Å². The molecular weight excluding hydrogens is 312 g/mol. The molecule has 1 nitrogen and oxygen atoms in total. The normalized spacial score (nSPS) is 26.0. The maximum atomic E-state index is 10.3. The molecule has 0 saturated heterocycles. The molecule has 1 aliphatic rings. The Morgan fingerprint density at radius 3 is 2.61 bits per heavy atom. The number of hydrogen-bond donors (Lipinski definition) is 1.